The van der Waals surface area contributed by atoms with E-state index in [0.29, 0.717) is 0 Å². The third-order valence-electron chi connectivity index (χ3n) is 2.22. The minimum atomic E-state index is -1.05. The van der Waals surface area contributed by atoms with Crippen LogP contribution in [0, 0.1) is 0 Å². The summed E-state index contributed by atoms with van der Waals surface area (Å²) in [6.07, 6.45) is -1.05. The molecule has 0 aliphatic heterocycles. The van der Waals surface area contributed by atoms with Crippen LogP contribution in [0.2, 0.25) is 0 Å². The van der Waals surface area contributed by atoms with Crippen molar-refractivity contribution in [3.05, 3.63) is 11.6 Å². The van der Waals surface area contributed by atoms with Gasteiger partial charge in [-0.1, -0.05) is 0 Å². The van der Waals surface area contributed by atoms with Crippen LogP contribution in [0.1, 0.15) is 11.7 Å². The van der Waals surface area contributed by atoms with Gasteiger partial charge in [0.1, 0.15) is 5.75 Å². The number of hydrogen-bond donors (Lipinski definition) is 4. The number of methoxy groups -OCH3 is 2. The molecule has 0 bridgehead atoms. The Morgan fingerprint density at radius 1 is 1.31 bits per heavy atom. The summed E-state index contributed by atoms with van der Waals surface area (Å²) in [6, 6.07) is 1.19. The van der Waals surface area contributed by atoms with E-state index >= 15 is 0 Å². The van der Waals surface area contributed by atoms with Gasteiger partial charge in [-0.05, 0) is 0 Å². The third-order valence-corrected chi connectivity index (χ3v) is 2.22. The number of aliphatic hydroxyl groups is 1. The van der Waals surface area contributed by atoms with E-state index in [9.17, 15) is 15.3 Å². The zero-order chi connectivity index (χ0) is 12.3. The number of nitrogens with two attached hydrogens (primary N) is 1. The summed E-state index contributed by atoms with van der Waals surface area (Å²) in [7, 11) is 2.68. The Labute approximate surface area is 92.8 Å². The fourth-order valence-electron chi connectivity index (χ4n) is 1.43. The van der Waals surface area contributed by atoms with E-state index in [1.807, 2.05) is 0 Å². The first-order valence-corrected chi connectivity index (χ1v) is 4.61. The van der Waals surface area contributed by atoms with Crippen LogP contribution in [0.3, 0.4) is 0 Å². The van der Waals surface area contributed by atoms with Gasteiger partial charge < -0.3 is 30.5 Å². The Hall–Kier alpha value is -1.66. The van der Waals surface area contributed by atoms with E-state index in [2.05, 4.69) is 0 Å². The van der Waals surface area contributed by atoms with Crippen LogP contribution in [0.4, 0.5) is 0 Å². The van der Waals surface area contributed by atoms with Crippen molar-refractivity contribution in [2.24, 2.45) is 5.73 Å². The highest BCUT2D eigenvalue weighted by Gasteiger charge is 2.23. The number of ether oxygens (including phenoxy) is 2. The second-order valence-electron chi connectivity index (χ2n) is 3.14. The van der Waals surface area contributed by atoms with Crippen LogP contribution in [-0.4, -0.2) is 36.1 Å². The molecule has 0 saturated carbocycles. The number of aromatic hydroxyl groups is 2. The van der Waals surface area contributed by atoms with Crippen molar-refractivity contribution < 1.29 is 24.8 Å². The van der Waals surface area contributed by atoms with Gasteiger partial charge in [-0.15, -0.1) is 0 Å². The van der Waals surface area contributed by atoms with Crippen molar-refractivity contribution in [2.45, 2.75) is 6.10 Å². The predicted octanol–water partition coefficient (Wildman–Crippen LogP) is 0.107. The number of rotatable bonds is 4. The summed E-state index contributed by atoms with van der Waals surface area (Å²) >= 11 is 0. The molecule has 0 fully saturated rings. The fraction of sp³-hybridized carbons (Fsp3) is 0.400. The zero-order valence-electron chi connectivity index (χ0n) is 9.10. The summed E-state index contributed by atoms with van der Waals surface area (Å²) in [5.41, 5.74) is 5.55. The van der Waals surface area contributed by atoms with Crippen LogP contribution in [0.25, 0.3) is 0 Å². The van der Waals surface area contributed by atoms with Crippen molar-refractivity contribution in [2.75, 3.05) is 20.8 Å². The van der Waals surface area contributed by atoms with Crippen molar-refractivity contribution in [1.29, 1.82) is 0 Å². The fourth-order valence-corrected chi connectivity index (χ4v) is 1.43. The second-order valence-corrected chi connectivity index (χ2v) is 3.14. The number of hydrogen-bond acceptors (Lipinski definition) is 6. The molecule has 6 nitrogen and oxygen atoms in total. The highest BCUT2D eigenvalue weighted by Crippen LogP contribution is 2.46. The van der Waals surface area contributed by atoms with Gasteiger partial charge in [-0.2, -0.15) is 0 Å². The molecule has 0 aliphatic carbocycles. The number of benzene rings is 1. The van der Waals surface area contributed by atoms with E-state index in [-0.39, 0.29) is 29.4 Å². The molecule has 6 heteroatoms. The normalized spacial score (nSPS) is 12.2. The average Bonchev–Trinajstić information content (AvgIpc) is 2.30. The molecular weight excluding hydrogens is 214 g/mol. The van der Waals surface area contributed by atoms with Gasteiger partial charge in [0.05, 0.1) is 25.9 Å². The lowest BCUT2D eigenvalue weighted by Crippen LogP contribution is -2.13. The molecule has 0 unspecified atom stereocenters. The highest BCUT2D eigenvalue weighted by molar-refractivity contribution is 5.61. The lowest BCUT2D eigenvalue weighted by atomic mass is 10.1. The van der Waals surface area contributed by atoms with Gasteiger partial charge in [-0.25, -0.2) is 0 Å². The number of aliphatic hydroxyl groups excluding tert-OH is 1. The predicted molar refractivity (Wildman–Crippen MR) is 56.9 cm³/mol. The van der Waals surface area contributed by atoms with E-state index in [4.69, 9.17) is 15.2 Å². The largest absolute Gasteiger partial charge is 0.504 e. The van der Waals surface area contributed by atoms with Crippen molar-refractivity contribution >= 4 is 0 Å². The van der Waals surface area contributed by atoms with Crippen LogP contribution in [-0.2, 0) is 0 Å². The molecule has 1 aromatic carbocycles. The first-order chi connectivity index (χ1) is 7.56. The molecule has 0 amide bonds. The molecule has 0 spiro atoms. The van der Waals surface area contributed by atoms with Crippen LogP contribution in [0.5, 0.6) is 23.0 Å². The highest BCUT2D eigenvalue weighted by atomic mass is 16.5. The van der Waals surface area contributed by atoms with Crippen molar-refractivity contribution in [3.63, 3.8) is 0 Å². The first kappa shape index (κ1) is 12.4. The third kappa shape index (κ3) is 1.98. The lowest BCUT2D eigenvalue weighted by molar-refractivity contribution is 0.175. The Morgan fingerprint density at radius 2 is 1.94 bits per heavy atom. The maximum atomic E-state index is 9.69. The van der Waals surface area contributed by atoms with Crippen molar-refractivity contribution in [1.82, 2.24) is 0 Å². The Kier molecular flexibility index (Phi) is 3.81. The maximum Gasteiger partial charge on any atom is 0.201 e. The van der Waals surface area contributed by atoms with Crippen LogP contribution >= 0.6 is 0 Å². The molecule has 0 aliphatic rings. The van der Waals surface area contributed by atoms with Gasteiger partial charge in [-0.3, -0.25) is 0 Å². The van der Waals surface area contributed by atoms with Gasteiger partial charge in [0.15, 0.2) is 11.5 Å². The van der Waals surface area contributed by atoms with E-state index in [1.54, 1.807) is 0 Å². The monoisotopic (exact) mass is 229 g/mol. The summed E-state index contributed by atoms with van der Waals surface area (Å²) in [6.45, 7) is -0.0586. The second kappa shape index (κ2) is 4.91. The quantitative estimate of drug-likeness (QED) is 0.546. The van der Waals surface area contributed by atoms with Crippen LogP contribution in [0.15, 0.2) is 6.07 Å². The molecule has 90 valence electrons. The molecule has 1 aromatic rings. The minimum absolute atomic E-state index is 0.0465. The number of phenols is 2. The van der Waals surface area contributed by atoms with Gasteiger partial charge in [0, 0.05) is 12.6 Å². The van der Waals surface area contributed by atoms with E-state index < -0.39 is 11.9 Å². The molecule has 5 N–H and O–H groups in total. The number of phenolic OH excluding ortho intramolecular Hbond substituents is 2. The molecule has 0 heterocycles. The molecule has 1 rings (SSSR count). The zero-order valence-corrected chi connectivity index (χ0v) is 9.10. The van der Waals surface area contributed by atoms with Crippen LogP contribution < -0.4 is 15.2 Å². The van der Waals surface area contributed by atoms with Gasteiger partial charge >= 0.3 is 0 Å². The Bertz CT molecular complexity index is 380. The van der Waals surface area contributed by atoms with E-state index in [0.717, 1.165) is 0 Å². The SMILES string of the molecule is COc1cc(O)c(O)c(OC)c1[C@@H](O)CN. The standard InChI is InChI=1S/C10H15NO5/c1-15-7-3-5(12)9(14)10(16-2)8(7)6(13)4-11/h3,6,12-14H,4,11H2,1-2H3/t6-/m0/s1. The minimum Gasteiger partial charge on any atom is -0.504 e. The van der Waals surface area contributed by atoms with Crippen molar-refractivity contribution in [3.8, 4) is 23.0 Å². The summed E-state index contributed by atoms with van der Waals surface area (Å²) in [5.74, 6) is -0.688. The van der Waals surface area contributed by atoms with E-state index in [1.165, 1.54) is 20.3 Å². The summed E-state index contributed by atoms with van der Waals surface area (Å²) in [5, 5.41) is 28.7. The summed E-state index contributed by atoms with van der Waals surface area (Å²) < 4.78 is 9.90. The molecule has 16 heavy (non-hydrogen) atoms. The smallest absolute Gasteiger partial charge is 0.201 e. The molecular formula is C10H15NO5. The molecule has 0 aromatic heterocycles. The topological polar surface area (TPSA) is 105 Å². The molecule has 0 saturated heterocycles. The Balaban J connectivity index is 3.46. The molecule has 1 atom stereocenters. The molecule has 0 radical (unpaired) electrons. The van der Waals surface area contributed by atoms with Gasteiger partial charge in [0.2, 0.25) is 5.75 Å². The maximum absolute atomic E-state index is 9.69. The summed E-state index contributed by atoms with van der Waals surface area (Å²) in [4.78, 5) is 0. The van der Waals surface area contributed by atoms with Gasteiger partial charge in [0.25, 0.3) is 0 Å². The first-order valence-electron chi connectivity index (χ1n) is 4.61. The Morgan fingerprint density at radius 3 is 2.38 bits per heavy atom. The average molecular weight is 229 g/mol. The lowest BCUT2D eigenvalue weighted by Gasteiger charge is -2.18.